The molecule has 2 aromatic heterocycles. The minimum Gasteiger partial charge on any atom is -0.492 e. The Morgan fingerprint density at radius 1 is 1.21 bits per heavy atom. The van der Waals surface area contributed by atoms with E-state index in [1.807, 2.05) is 18.2 Å². The highest BCUT2D eigenvalue weighted by Crippen LogP contribution is 2.23. The molecule has 2 aromatic rings. The molecule has 0 unspecified atom stereocenters. The second-order valence-corrected chi connectivity index (χ2v) is 4.22. The van der Waals surface area contributed by atoms with Crippen LogP contribution in [-0.4, -0.2) is 23.1 Å². The third-order valence-electron chi connectivity index (χ3n) is 2.62. The van der Waals surface area contributed by atoms with Crippen molar-refractivity contribution in [2.45, 2.75) is 20.3 Å². The number of anilines is 1. The number of rotatable bonds is 6. The number of hydrogen-bond donors (Lipinski definition) is 1. The predicted molar refractivity (Wildman–Crippen MR) is 77.4 cm³/mol. The minimum atomic E-state index is 0.704. The SMILES string of the molecule is CCCOc1cncc(-c2cc(NCC)ccn2)c1. The van der Waals surface area contributed by atoms with Crippen LogP contribution in [0.2, 0.25) is 0 Å². The summed E-state index contributed by atoms with van der Waals surface area (Å²) in [4.78, 5) is 8.58. The Hall–Kier alpha value is -2.10. The van der Waals surface area contributed by atoms with Gasteiger partial charge in [0.25, 0.3) is 0 Å². The summed E-state index contributed by atoms with van der Waals surface area (Å²) in [5.74, 6) is 0.787. The van der Waals surface area contributed by atoms with E-state index in [1.54, 1.807) is 18.6 Å². The van der Waals surface area contributed by atoms with Gasteiger partial charge < -0.3 is 10.1 Å². The Morgan fingerprint density at radius 2 is 2.11 bits per heavy atom. The van der Waals surface area contributed by atoms with Gasteiger partial charge in [-0.2, -0.15) is 0 Å². The molecular weight excluding hydrogens is 238 g/mol. The molecule has 1 N–H and O–H groups in total. The van der Waals surface area contributed by atoms with Crippen LogP contribution in [0.25, 0.3) is 11.3 Å². The zero-order valence-electron chi connectivity index (χ0n) is 11.4. The zero-order chi connectivity index (χ0) is 13.5. The van der Waals surface area contributed by atoms with E-state index in [-0.39, 0.29) is 0 Å². The van der Waals surface area contributed by atoms with Crippen LogP contribution in [0, 0.1) is 0 Å². The molecule has 0 spiro atoms. The number of ether oxygens (including phenoxy) is 1. The van der Waals surface area contributed by atoms with Crippen LogP contribution in [0.5, 0.6) is 5.75 Å². The summed E-state index contributed by atoms with van der Waals surface area (Å²) in [6, 6.07) is 5.95. The van der Waals surface area contributed by atoms with E-state index in [0.717, 1.165) is 35.7 Å². The second kappa shape index (κ2) is 6.73. The molecule has 0 aliphatic rings. The maximum absolute atomic E-state index is 5.59. The Morgan fingerprint density at radius 3 is 2.89 bits per heavy atom. The Bertz CT molecular complexity index is 528. The lowest BCUT2D eigenvalue weighted by atomic mass is 10.2. The summed E-state index contributed by atoms with van der Waals surface area (Å²) < 4.78 is 5.59. The standard InChI is InChI=1S/C15H19N3O/c1-3-7-19-14-8-12(10-16-11-14)15-9-13(17-4-2)5-6-18-15/h5-6,8-11H,3-4,7H2,1-2H3,(H,17,18). The lowest BCUT2D eigenvalue weighted by molar-refractivity contribution is 0.316. The summed E-state index contributed by atoms with van der Waals surface area (Å²) in [5.41, 5.74) is 2.92. The molecule has 19 heavy (non-hydrogen) atoms. The molecule has 0 aromatic carbocycles. The third-order valence-corrected chi connectivity index (χ3v) is 2.62. The van der Waals surface area contributed by atoms with Crippen LogP contribution in [0.4, 0.5) is 5.69 Å². The molecule has 4 heteroatoms. The van der Waals surface area contributed by atoms with E-state index in [1.165, 1.54) is 0 Å². The Kier molecular flexibility index (Phi) is 4.72. The first-order chi connectivity index (χ1) is 9.33. The number of pyridine rings is 2. The first-order valence-corrected chi connectivity index (χ1v) is 6.61. The molecule has 2 rings (SSSR count). The van der Waals surface area contributed by atoms with Crippen LogP contribution < -0.4 is 10.1 Å². The van der Waals surface area contributed by atoms with Crippen molar-refractivity contribution in [2.75, 3.05) is 18.5 Å². The molecule has 4 nitrogen and oxygen atoms in total. The fourth-order valence-corrected chi connectivity index (χ4v) is 1.76. The van der Waals surface area contributed by atoms with E-state index in [2.05, 4.69) is 29.1 Å². The fourth-order valence-electron chi connectivity index (χ4n) is 1.76. The number of nitrogens with zero attached hydrogens (tertiary/aromatic N) is 2. The van der Waals surface area contributed by atoms with Gasteiger partial charge in [0.2, 0.25) is 0 Å². The van der Waals surface area contributed by atoms with Crippen molar-refractivity contribution in [3.05, 3.63) is 36.8 Å². The van der Waals surface area contributed by atoms with Gasteiger partial charge >= 0.3 is 0 Å². The highest BCUT2D eigenvalue weighted by Gasteiger charge is 2.03. The molecule has 0 bridgehead atoms. The molecule has 0 aliphatic heterocycles. The van der Waals surface area contributed by atoms with Gasteiger partial charge in [-0.3, -0.25) is 9.97 Å². The maximum atomic E-state index is 5.59. The summed E-state index contributed by atoms with van der Waals surface area (Å²) in [6.07, 6.45) is 6.31. The maximum Gasteiger partial charge on any atom is 0.138 e. The highest BCUT2D eigenvalue weighted by molar-refractivity contribution is 5.64. The first-order valence-electron chi connectivity index (χ1n) is 6.61. The average Bonchev–Trinajstić information content (AvgIpc) is 2.46. The summed E-state index contributed by atoms with van der Waals surface area (Å²) in [7, 11) is 0. The van der Waals surface area contributed by atoms with E-state index in [0.29, 0.717) is 6.61 Å². The number of aromatic nitrogens is 2. The Labute approximate surface area is 113 Å². The molecule has 0 amide bonds. The summed E-state index contributed by atoms with van der Waals surface area (Å²) in [6.45, 7) is 5.75. The topological polar surface area (TPSA) is 47.0 Å². The van der Waals surface area contributed by atoms with E-state index in [4.69, 9.17) is 4.74 Å². The van der Waals surface area contributed by atoms with Crippen LogP contribution in [-0.2, 0) is 0 Å². The van der Waals surface area contributed by atoms with Gasteiger partial charge in [-0.25, -0.2) is 0 Å². The molecule has 0 atom stereocenters. The van der Waals surface area contributed by atoms with Gasteiger partial charge in [-0.05, 0) is 31.5 Å². The average molecular weight is 257 g/mol. The molecule has 0 fully saturated rings. The number of nitrogens with one attached hydrogen (secondary N) is 1. The number of hydrogen-bond acceptors (Lipinski definition) is 4. The van der Waals surface area contributed by atoms with Crippen LogP contribution in [0.1, 0.15) is 20.3 Å². The normalized spacial score (nSPS) is 10.2. The van der Waals surface area contributed by atoms with E-state index >= 15 is 0 Å². The monoisotopic (exact) mass is 257 g/mol. The van der Waals surface area contributed by atoms with Crippen molar-refractivity contribution in [2.24, 2.45) is 0 Å². The van der Waals surface area contributed by atoms with Crippen molar-refractivity contribution in [1.29, 1.82) is 0 Å². The van der Waals surface area contributed by atoms with Gasteiger partial charge in [0.1, 0.15) is 5.75 Å². The lowest BCUT2D eigenvalue weighted by Crippen LogP contribution is -1.98. The highest BCUT2D eigenvalue weighted by atomic mass is 16.5. The fraction of sp³-hybridized carbons (Fsp3) is 0.333. The largest absolute Gasteiger partial charge is 0.492 e. The van der Waals surface area contributed by atoms with E-state index in [9.17, 15) is 0 Å². The Balaban J connectivity index is 2.23. The van der Waals surface area contributed by atoms with Gasteiger partial charge in [-0.15, -0.1) is 0 Å². The van der Waals surface area contributed by atoms with Crippen LogP contribution in [0.3, 0.4) is 0 Å². The molecule has 0 saturated carbocycles. The second-order valence-electron chi connectivity index (χ2n) is 4.22. The molecule has 0 aliphatic carbocycles. The van der Waals surface area contributed by atoms with Crippen molar-refractivity contribution in [3.8, 4) is 17.0 Å². The first kappa shape index (κ1) is 13.3. The minimum absolute atomic E-state index is 0.704. The predicted octanol–water partition coefficient (Wildman–Crippen LogP) is 3.36. The summed E-state index contributed by atoms with van der Waals surface area (Å²) in [5, 5.41) is 3.27. The lowest BCUT2D eigenvalue weighted by Gasteiger charge is -2.08. The van der Waals surface area contributed by atoms with Gasteiger partial charge in [0, 0.05) is 30.2 Å². The van der Waals surface area contributed by atoms with Crippen molar-refractivity contribution in [1.82, 2.24) is 9.97 Å². The van der Waals surface area contributed by atoms with Gasteiger partial charge in [0.05, 0.1) is 18.5 Å². The van der Waals surface area contributed by atoms with Crippen molar-refractivity contribution in [3.63, 3.8) is 0 Å². The van der Waals surface area contributed by atoms with Gasteiger partial charge in [-0.1, -0.05) is 6.92 Å². The van der Waals surface area contributed by atoms with Crippen molar-refractivity contribution < 1.29 is 4.74 Å². The third kappa shape index (κ3) is 3.68. The van der Waals surface area contributed by atoms with Crippen molar-refractivity contribution >= 4 is 5.69 Å². The summed E-state index contributed by atoms with van der Waals surface area (Å²) >= 11 is 0. The molecule has 0 saturated heterocycles. The molecule has 0 radical (unpaired) electrons. The van der Waals surface area contributed by atoms with E-state index < -0.39 is 0 Å². The smallest absolute Gasteiger partial charge is 0.138 e. The molecule has 100 valence electrons. The quantitative estimate of drug-likeness (QED) is 0.862. The van der Waals surface area contributed by atoms with Crippen LogP contribution in [0.15, 0.2) is 36.8 Å². The molecule has 2 heterocycles. The molecular formula is C15H19N3O. The zero-order valence-corrected chi connectivity index (χ0v) is 11.4. The van der Waals surface area contributed by atoms with Crippen LogP contribution >= 0.6 is 0 Å². The van der Waals surface area contributed by atoms with Gasteiger partial charge in [0.15, 0.2) is 0 Å².